The van der Waals surface area contributed by atoms with Crippen LogP contribution in [0, 0.1) is 0 Å². The van der Waals surface area contributed by atoms with Gasteiger partial charge in [0.2, 0.25) is 5.95 Å². The molecule has 0 spiro atoms. The number of hydrogen-bond donors (Lipinski definition) is 1. The number of benzene rings is 1. The molecule has 0 aliphatic carbocycles. The van der Waals surface area contributed by atoms with E-state index in [4.69, 9.17) is 4.98 Å². The summed E-state index contributed by atoms with van der Waals surface area (Å²) in [6.07, 6.45) is 8.26. The molecule has 3 aromatic heterocycles. The Kier molecular flexibility index (Phi) is 6.89. The minimum atomic E-state index is -2.41. The molecule has 0 radical (unpaired) electrons. The third-order valence-corrected chi connectivity index (χ3v) is 7.11. The fourth-order valence-electron chi connectivity index (χ4n) is 4.86. The Labute approximate surface area is 222 Å². The maximum atomic E-state index is 13.3. The van der Waals surface area contributed by atoms with Gasteiger partial charge in [0, 0.05) is 47.2 Å². The third-order valence-electron chi connectivity index (χ3n) is 6.48. The molecule has 0 saturated heterocycles. The average Bonchev–Trinajstić information content (AvgIpc) is 3.13. The molecular formula is C27H32N8O2S. The van der Waals surface area contributed by atoms with Crippen molar-refractivity contribution in [2.45, 2.75) is 32.9 Å². The fraction of sp³-hybridized carbons (Fsp3) is 0.333. The summed E-state index contributed by atoms with van der Waals surface area (Å²) in [7, 11) is -0.278. The highest BCUT2D eigenvalue weighted by molar-refractivity contribution is 7.92. The van der Waals surface area contributed by atoms with Crippen LogP contribution in [-0.2, 0) is 35.7 Å². The molecule has 5 rings (SSSR count). The van der Waals surface area contributed by atoms with E-state index in [0.717, 1.165) is 31.6 Å². The van der Waals surface area contributed by atoms with Crippen LogP contribution in [0.25, 0.3) is 16.9 Å². The van der Waals surface area contributed by atoms with Crippen molar-refractivity contribution in [3.63, 3.8) is 0 Å². The molecular weight excluding hydrogens is 500 g/mol. The van der Waals surface area contributed by atoms with Crippen molar-refractivity contribution in [2.75, 3.05) is 31.4 Å². The molecule has 0 unspecified atom stereocenters. The van der Waals surface area contributed by atoms with Crippen LogP contribution in [0.2, 0.25) is 0 Å². The van der Waals surface area contributed by atoms with Crippen LogP contribution >= 0.6 is 0 Å². The number of aromatic nitrogens is 5. The van der Waals surface area contributed by atoms with Crippen molar-refractivity contribution in [1.29, 1.82) is 0 Å². The van der Waals surface area contributed by atoms with Crippen LogP contribution in [0.4, 0.5) is 17.5 Å². The lowest BCUT2D eigenvalue weighted by molar-refractivity contribution is 0.312. The van der Waals surface area contributed by atoms with Crippen LogP contribution in [0.5, 0.6) is 0 Å². The standard InChI is InChI=1S/C27H32N8O2S/c1-6-12-34-26(36)22-16-28-27(29-20-14-18(7-2)21-11-13-33(3)17-19(21)15-20)31-25(22)35(34)24-10-8-9-23(30-24)32-38(4,5)37/h6,8-10,14-16H,1,7,11-13,17H2,2-5H3,(H,28,29,31). The molecule has 0 amide bonds. The molecule has 0 fully saturated rings. The fourth-order valence-corrected chi connectivity index (χ4v) is 5.42. The van der Waals surface area contributed by atoms with Gasteiger partial charge in [-0.25, -0.2) is 23.5 Å². The van der Waals surface area contributed by atoms with Gasteiger partial charge in [0.1, 0.15) is 5.39 Å². The molecule has 10 nitrogen and oxygen atoms in total. The number of aryl methyl sites for hydroxylation is 1. The number of rotatable bonds is 7. The van der Waals surface area contributed by atoms with E-state index in [-0.39, 0.29) is 12.1 Å². The summed E-state index contributed by atoms with van der Waals surface area (Å²) >= 11 is 0. The molecule has 1 aliphatic heterocycles. The van der Waals surface area contributed by atoms with Crippen LogP contribution in [0.3, 0.4) is 0 Å². The van der Waals surface area contributed by atoms with E-state index in [0.29, 0.717) is 28.6 Å². The number of anilines is 2. The summed E-state index contributed by atoms with van der Waals surface area (Å²) in [6.45, 7) is 8.17. The van der Waals surface area contributed by atoms with Gasteiger partial charge in [-0.3, -0.25) is 4.79 Å². The van der Waals surface area contributed by atoms with Crippen molar-refractivity contribution < 1.29 is 4.21 Å². The van der Waals surface area contributed by atoms with Crippen molar-refractivity contribution in [1.82, 2.24) is 29.2 Å². The molecule has 0 saturated carbocycles. The zero-order chi connectivity index (χ0) is 27.0. The second-order valence-corrected chi connectivity index (χ2v) is 12.3. The van der Waals surface area contributed by atoms with Crippen LogP contribution in [-0.4, -0.2) is 59.5 Å². The van der Waals surface area contributed by atoms with Gasteiger partial charge in [-0.2, -0.15) is 9.35 Å². The van der Waals surface area contributed by atoms with E-state index < -0.39 is 9.73 Å². The van der Waals surface area contributed by atoms with Gasteiger partial charge < -0.3 is 10.2 Å². The normalized spacial score (nSPS) is 13.9. The summed E-state index contributed by atoms with van der Waals surface area (Å²) in [5.41, 5.74) is 5.12. The van der Waals surface area contributed by atoms with Crippen molar-refractivity contribution in [3.8, 4) is 5.82 Å². The topological polar surface area (TPSA) is 110 Å². The lowest BCUT2D eigenvalue weighted by atomic mass is 9.92. The van der Waals surface area contributed by atoms with Gasteiger partial charge in [0.05, 0.1) is 6.54 Å². The minimum absolute atomic E-state index is 0.248. The van der Waals surface area contributed by atoms with E-state index in [1.165, 1.54) is 27.6 Å². The predicted octanol–water partition coefficient (Wildman–Crippen LogP) is 3.82. The Morgan fingerprint density at radius 1 is 1.24 bits per heavy atom. The Hall–Kier alpha value is -3.83. The zero-order valence-electron chi connectivity index (χ0n) is 22.1. The highest BCUT2D eigenvalue weighted by Crippen LogP contribution is 2.28. The lowest BCUT2D eigenvalue weighted by Gasteiger charge is -2.27. The van der Waals surface area contributed by atoms with Gasteiger partial charge in [-0.05, 0) is 60.8 Å². The number of likely N-dealkylation sites (N-methyl/N-ethyl adjacent to an activating group) is 1. The molecule has 4 aromatic rings. The van der Waals surface area contributed by atoms with Crippen LogP contribution in [0.15, 0.2) is 58.3 Å². The van der Waals surface area contributed by atoms with Crippen molar-refractivity contribution >= 4 is 38.2 Å². The number of nitrogens with zero attached hydrogens (tertiary/aromatic N) is 7. The highest BCUT2D eigenvalue weighted by Gasteiger charge is 2.20. The van der Waals surface area contributed by atoms with Crippen LogP contribution < -0.4 is 10.9 Å². The van der Waals surface area contributed by atoms with Crippen molar-refractivity contribution in [2.24, 2.45) is 4.36 Å². The van der Waals surface area contributed by atoms with Gasteiger partial charge in [0.15, 0.2) is 17.3 Å². The molecule has 4 heterocycles. The number of nitrogens with one attached hydrogen (secondary N) is 1. The number of allylic oxidation sites excluding steroid dienone is 1. The minimum Gasteiger partial charge on any atom is -0.324 e. The maximum Gasteiger partial charge on any atom is 0.278 e. The zero-order valence-corrected chi connectivity index (χ0v) is 23.0. The largest absolute Gasteiger partial charge is 0.324 e. The summed E-state index contributed by atoms with van der Waals surface area (Å²) in [5, 5.41) is 3.71. The van der Waals surface area contributed by atoms with Gasteiger partial charge in [0.25, 0.3) is 5.56 Å². The molecule has 1 N–H and O–H groups in total. The first-order chi connectivity index (χ1) is 18.2. The first-order valence-electron chi connectivity index (χ1n) is 12.5. The molecule has 0 bridgehead atoms. The van der Waals surface area contributed by atoms with E-state index in [2.05, 4.69) is 57.2 Å². The van der Waals surface area contributed by atoms with E-state index in [9.17, 15) is 9.00 Å². The highest BCUT2D eigenvalue weighted by atomic mass is 32.2. The lowest BCUT2D eigenvalue weighted by Crippen LogP contribution is -2.27. The van der Waals surface area contributed by atoms with Crippen LogP contribution in [0.1, 0.15) is 23.6 Å². The first kappa shape index (κ1) is 25.8. The molecule has 1 aromatic carbocycles. The summed E-state index contributed by atoms with van der Waals surface area (Å²) in [5.74, 6) is 1.12. The summed E-state index contributed by atoms with van der Waals surface area (Å²) < 4.78 is 19.6. The molecule has 1 aliphatic rings. The molecule has 11 heteroatoms. The van der Waals surface area contributed by atoms with Gasteiger partial charge >= 0.3 is 0 Å². The Balaban J connectivity index is 1.62. The smallest absolute Gasteiger partial charge is 0.278 e. The number of pyridine rings is 1. The monoisotopic (exact) mass is 532 g/mol. The quantitative estimate of drug-likeness (QED) is 0.360. The Morgan fingerprint density at radius 2 is 2.05 bits per heavy atom. The first-order valence-corrected chi connectivity index (χ1v) is 14.8. The van der Waals surface area contributed by atoms with Gasteiger partial charge in [-0.15, -0.1) is 6.58 Å². The van der Waals surface area contributed by atoms with Gasteiger partial charge in [-0.1, -0.05) is 19.1 Å². The second kappa shape index (κ2) is 10.1. The van der Waals surface area contributed by atoms with E-state index in [1.807, 2.05) is 0 Å². The molecule has 0 atom stereocenters. The van der Waals surface area contributed by atoms with Crippen molar-refractivity contribution in [3.05, 3.63) is 76.2 Å². The summed E-state index contributed by atoms with van der Waals surface area (Å²) in [6, 6.07) is 9.52. The second-order valence-electron chi connectivity index (χ2n) is 9.78. The summed E-state index contributed by atoms with van der Waals surface area (Å²) in [4.78, 5) is 29.3. The number of hydrogen-bond acceptors (Lipinski definition) is 8. The Morgan fingerprint density at radius 3 is 2.79 bits per heavy atom. The Bertz CT molecular complexity index is 1720. The molecule has 198 valence electrons. The maximum absolute atomic E-state index is 13.3. The molecule has 38 heavy (non-hydrogen) atoms. The average molecular weight is 533 g/mol. The van der Waals surface area contributed by atoms with E-state index >= 15 is 0 Å². The third kappa shape index (κ3) is 5.11. The van der Waals surface area contributed by atoms with E-state index in [1.54, 1.807) is 41.5 Å². The number of fused-ring (bicyclic) bond motifs is 2. The predicted molar refractivity (Wildman–Crippen MR) is 152 cm³/mol. The SMILES string of the molecule is C=CCn1c(=O)c2cnc(Nc3cc(CC)c4c(c3)CN(C)CC4)nc2n1-c1cccc(N=S(C)(C)=O)n1.